The number of rotatable bonds is 5. The van der Waals surface area contributed by atoms with E-state index in [1.807, 2.05) is 12.1 Å². The summed E-state index contributed by atoms with van der Waals surface area (Å²) >= 11 is 0. The average Bonchev–Trinajstić information content (AvgIpc) is 2.61. The second-order valence-corrected chi connectivity index (χ2v) is 5.15. The van der Waals surface area contributed by atoms with Gasteiger partial charge in [-0.15, -0.1) is 24.3 Å². The molecule has 0 aliphatic carbocycles. The van der Waals surface area contributed by atoms with Crippen LogP contribution in [0.5, 0.6) is 0 Å². The minimum Gasteiger partial charge on any atom is -0.219 e. The third-order valence-electron chi connectivity index (χ3n) is 3.47. The fourth-order valence-corrected chi connectivity index (χ4v) is 2.23. The van der Waals surface area contributed by atoms with E-state index in [1.165, 1.54) is 22.3 Å². The molecule has 0 aromatic heterocycles. The Hall–Kier alpha value is -1.67. The van der Waals surface area contributed by atoms with Crippen LogP contribution in [0.3, 0.4) is 0 Å². The minimum atomic E-state index is 0. The van der Waals surface area contributed by atoms with Gasteiger partial charge in [-0.05, 0) is 11.1 Å². The topological polar surface area (TPSA) is 0 Å². The zero-order valence-electron chi connectivity index (χ0n) is 14.4. The van der Waals surface area contributed by atoms with Crippen molar-refractivity contribution in [1.29, 1.82) is 0 Å². The van der Waals surface area contributed by atoms with Gasteiger partial charge in [-0.25, -0.2) is 24.0 Å². The summed E-state index contributed by atoms with van der Waals surface area (Å²) in [4.78, 5) is 0. The van der Waals surface area contributed by atoms with Crippen LogP contribution >= 0.6 is 0 Å². The van der Waals surface area contributed by atoms with E-state index in [-0.39, 0.29) is 37.7 Å². The van der Waals surface area contributed by atoms with E-state index in [0.29, 0.717) is 0 Å². The molecular formula is C22H18Li2. The van der Waals surface area contributed by atoms with Crippen LogP contribution < -0.4 is 37.7 Å². The van der Waals surface area contributed by atoms with Crippen LogP contribution in [0.1, 0.15) is 22.3 Å². The Labute approximate surface area is 169 Å². The molecule has 0 heterocycles. The van der Waals surface area contributed by atoms with Gasteiger partial charge in [-0.1, -0.05) is 48.6 Å². The van der Waals surface area contributed by atoms with E-state index in [0.717, 1.165) is 0 Å². The molecule has 2 heteroatoms. The maximum absolute atomic E-state index is 2.14. The molecule has 0 atom stereocenters. The normalized spacial score (nSPS) is 9.67. The predicted molar refractivity (Wildman–Crippen MR) is 95.1 cm³/mol. The Kier molecular flexibility index (Phi) is 9.33. The van der Waals surface area contributed by atoms with Crippen molar-refractivity contribution in [2.45, 2.75) is 0 Å². The van der Waals surface area contributed by atoms with Gasteiger partial charge in [0, 0.05) is 0 Å². The molecule has 108 valence electrons. The Balaban J connectivity index is 0.00000144. The largest absolute Gasteiger partial charge is 1.00 e. The Bertz CT molecular complexity index is 717. The maximum atomic E-state index is 2.14. The van der Waals surface area contributed by atoms with Crippen molar-refractivity contribution in [2.75, 3.05) is 0 Å². The first-order valence-corrected chi connectivity index (χ1v) is 7.46. The van der Waals surface area contributed by atoms with E-state index in [4.69, 9.17) is 0 Å². The average molecular weight is 296 g/mol. The van der Waals surface area contributed by atoms with Gasteiger partial charge in [-0.3, -0.25) is 0 Å². The van der Waals surface area contributed by atoms with Crippen molar-refractivity contribution >= 4 is 12.2 Å². The molecule has 3 aromatic carbocycles. The molecule has 0 saturated carbocycles. The number of benzene rings is 3. The van der Waals surface area contributed by atoms with Crippen LogP contribution in [0.2, 0.25) is 0 Å². The molecule has 0 nitrogen and oxygen atoms in total. The van der Waals surface area contributed by atoms with Gasteiger partial charge in [-0.2, -0.15) is 24.3 Å². The summed E-state index contributed by atoms with van der Waals surface area (Å²) in [7, 11) is 0. The minimum absolute atomic E-state index is 0. The second kappa shape index (κ2) is 11.0. The van der Waals surface area contributed by atoms with Gasteiger partial charge in [0.1, 0.15) is 0 Å². The molecule has 0 spiro atoms. The van der Waals surface area contributed by atoms with E-state index < -0.39 is 0 Å². The van der Waals surface area contributed by atoms with Gasteiger partial charge in [0.05, 0.1) is 0 Å². The molecule has 3 aromatic rings. The molecule has 0 unspecified atom stereocenters. The first-order chi connectivity index (χ1) is 10.9. The number of hydrogen-bond donors (Lipinski definition) is 0. The van der Waals surface area contributed by atoms with Gasteiger partial charge >= 0.3 is 37.7 Å². The van der Waals surface area contributed by atoms with Crippen molar-refractivity contribution in [2.24, 2.45) is 0 Å². The van der Waals surface area contributed by atoms with Crippen molar-refractivity contribution in [3.63, 3.8) is 0 Å². The summed E-state index contributed by atoms with van der Waals surface area (Å²) in [5.41, 5.74) is 4.85. The van der Waals surface area contributed by atoms with Crippen LogP contribution in [0, 0.1) is 12.8 Å². The van der Waals surface area contributed by atoms with Gasteiger partial charge in [0.25, 0.3) is 0 Å². The molecule has 0 saturated heterocycles. The van der Waals surface area contributed by atoms with Crippen molar-refractivity contribution < 1.29 is 37.7 Å². The SMILES string of the molecule is C(=C\c1ccc([CH-][CH-]c2ccccc2)cc1)/c1ccccc1.[Li+].[Li+]. The quantitative estimate of drug-likeness (QED) is 0.344. The van der Waals surface area contributed by atoms with Gasteiger partial charge in [0.2, 0.25) is 0 Å². The molecule has 0 aliphatic rings. The summed E-state index contributed by atoms with van der Waals surface area (Å²) in [6, 6.07) is 29.3. The van der Waals surface area contributed by atoms with Crippen molar-refractivity contribution in [3.8, 4) is 0 Å². The molecule has 0 radical (unpaired) electrons. The zero-order chi connectivity index (χ0) is 15.0. The van der Waals surface area contributed by atoms with Crippen LogP contribution in [-0.2, 0) is 0 Å². The first kappa shape index (κ1) is 20.4. The molecule has 24 heavy (non-hydrogen) atoms. The smallest absolute Gasteiger partial charge is 0.219 e. The third-order valence-corrected chi connectivity index (χ3v) is 3.47. The summed E-state index contributed by atoms with van der Waals surface area (Å²) in [6.45, 7) is 0. The van der Waals surface area contributed by atoms with E-state index in [1.54, 1.807) is 0 Å². The Morgan fingerprint density at radius 2 is 0.875 bits per heavy atom. The standard InChI is InChI=1S/C22H18.2Li/c1-3-7-19(8-4-1)11-13-21-15-17-22(18-16-21)14-12-20-9-5-2-6-10-20;;/h1-18H;;/q-2;2*+1/b13-11+;;. The zero-order valence-corrected chi connectivity index (χ0v) is 14.4. The third kappa shape index (κ3) is 6.45. The van der Waals surface area contributed by atoms with E-state index in [9.17, 15) is 0 Å². The number of hydrogen-bond acceptors (Lipinski definition) is 0. The summed E-state index contributed by atoms with van der Waals surface area (Å²) in [6.07, 6.45) is 8.55. The molecule has 0 amide bonds. The molecule has 0 fully saturated rings. The van der Waals surface area contributed by atoms with Crippen LogP contribution in [0.25, 0.3) is 12.2 Å². The molecule has 0 bridgehead atoms. The van der Waals surface area contributed by atoms with Crippen LogP contribution in [0.4, 0.5) is 0 Å². The molecule has 0 N–H and O–H groups in total. The summed E-state index contributed by atoms with van der Waals surface area (Å²) in [5.74, 6) is 0. The fraction of sp³-hybridized carbons (Fsp3) is 0. The molecule has 0 aliphatic heterocycles. The predicted octanol–water partition coefficient (Wildman–Crippen LogP) is -0.330. The molecular weight excluding hydrogens is 278 g/mol. The van der Waals surface area contributed by atoms with Crippen molar-refractivity contribution in [1.82, 2.24) is 0 Å². The van der Waals surface area contributed by atoms with Crippen molar-refractivity contribution in [3.05, 3.63) is 120 Å². The van der Waals surface area contributed by atoms with E-state index in [2.05, 4.69) is 97.8 Å². The second-order valence-electron chi connectivity index (χ2n) is 5.15. The first-order valence-electron chi connectivity index (χ1n) is 7.46. The van der Waals surface area contributed by atoms with Gasteiger partial charge in [0.15, 0.2) is 0 Å². The maximum Gasteiger partial charge on any atom is 1.00 e. The summed E-state index contributed by atoms with van der Waals surface area (Å²) < 4.78 is 0. The summed E-state index contributed by atoms with van der Waals surface area (Å²) in [5, 5.41) is 0. The van der Waals surface area contributed by atoms with Gasteiger partial charge < -0.3 is 0 Å². The fourth-order valence-electron chi connectivity index (χ4n) is 2.23. The van der Waals surface area contributed by atoms with Crippen LogP contribution in [-0.4, -0.2) is 0 Å². The van der Waals surface area contributed by atoms with Crippen LogP contribution in [0.15, 0.2) is 84.9 Å². The monoisotopic (exact) mass is 296 g/mol. The van der Waals surface area contributed by atoms with E-state index >= 15 is 0 Å². The Morgan fingerprint density at radius 1 is 0.458 bits per heavy atom. The Morgan fingerprint density at radius 3 is 1.42 bits per heavy atom. The molecule has 3 rings (SSSR count).